The molecular formula is C11H11NS. The van der Waals surface area contributed by atoms with E-state index in [2.05, 4.69) is 24.3 Å². The number of fused-ring (bicyclic) bond motifs is 1. The number of aryl methyl sites for hydroxylation is 1. The Kier molecular flexibility index (Phi) is 2.56. The first-order chi connectivity index (χ1) is 6.40. The van der Waals surface area contributed by atoms with E-state index in [4.69, 9.17) is 5.26 Å². The molecule has 0 aromatic heterocycles. The van der Waals surface area contributed by atoms with Crippen molar-refractivity contribution in [1.29, 1.82) is 5.26 Å². The number of thioether (sulfide) groups is 1. The SMILES string of the molecule is N#CCc1ccc2c(c1)CCCS2. The van der Waals surface area contributed by atoms with Crippen molar-refractivity contribution in [2.45, 2.75) is 24.2 Å². The lowest BCUT2D eigenvalue weighted by Crippen LogP contribution is -1.99. The Morgan fingerprint density at radius 2 is 2.38 bits per heavy atom. The first kappa shape index (κ1) is 8.65. The Labute approximate surface area is 82.8 Å². The highest BCUT2D eigenvalue weighted by Gasteiger charge is 2.09. The molecule has 1 aromatic carbocycles. The fraction of sp³-hybridized carbons (Fsp3) is 0.364. The van der Waals surface area contributed by atoms with E-state index in [-0.39, 0.29) is 0 Å². The Morgan fingerprint density at radius 3 is 3.23 bits per heavy atom. The highest BCUT2D eigenvalue weighted by molar-refractivity contribution is 7.99. The summed E-state index contributed by atoms with van der Waals surface area (Å²) >= 11 is 1.93. The maximum Gasteiger partial charge on any atom is 0.0669 e. The molecule has 0 bridgehead atoms. The average molecular weight is 189 g/mol. The van der Waals surface area contributed by atoms with Gasteiger partial charge in [0, 0.05) is 4.90 Å². The lowest BCUT2D eigenvalue weighted by Gasteiger charge is -2.15. The van der Waals surface area contributed by atoms with Gasteiger partial charge in [0.05, 0.1) is 12.5 Å². The second-order valence-corrected chi connectivity index (χ2v) is 4.37. The summed E-state index contributed by atoms with van der Waals surface area (Å²) < 4.78 is 0. The van der Waals surface area contributed by atoms with Gasteiger partial charge in [-0.15, -0.1) is 11.8 Å². The number of hydrogen-bond donors (Lipinski definition) is 0. The third kappa shape index (κ3) is 1.87. The zero-order valence-corrected chi connectivity index (χ0v) is 8.23. The van der Waals surface area contributed by atoms with Crippen molar-refractivity contribution >= 4 is 11.8 Å². The van der Waals surface area contributed by atoms with Crippen LogP contribution < -0.4 is 0 Å². The molecule has 1 aromatic rings. The minimum absolute atomic E-state index is 0.540. The molecule has 0 unspecified atom stereocenters. The van der Waals surface area contributed by atoms with Crippen molar-refractivity contribution in [1.82, 2.24) is 0 Å². The monoisotopic (exact) mass is 189 g/mol. The Balaban J connectivity index is 2.31. The fourth-order valence-corrected chi connectivity index (χ4v) is 2.63. The van der Waals surface area contributed by atoms with Crippen LogP contribution in [0, 0.1) is 11.3 Å². The van der Waals surface area contributed by atoms with E-state index in [1.54, 1.807) is 0 Å². The maximum absolute atomic E-state index is 8.57. The largest absolute Gasteiger partial charge is 0.198 e. The zero-order chi connectivity index (χ0) is 9.10. The van der Waals surface area contributed by atoms with Crippen LogP contribution in [0.4, 0.5) is 0 Å². The summed E-state index contributed by atoms with van der Waals surface area (Å²) in [5.41, 5.74) is 2.59. The standard InChI is InChI=1S/C11H11NS/c12-6-5-9-3-4-11-10(8-9)2-1-7-13-11/h3-4,8H,1-2,5,7H2. The molecule has 1 aliphatic rings. The summed E-state index contributed by atoms with van der Waals surface area (Å²) in [6.45, 7) is 0. The molecule has 0 atom stereocenters. The van der Waals surface area contributed by atoms with Crippen LogP contribution in [0.5, 0.6) is 0 Å². The van der Waals surface area contributed by atoms with Gasteiger partial charge in [-0.1, -0.05) is 12.1 Å². The molecule has 1 aliphatic heterocycles. The van der Waals surface area contributed by atoms with Crippen LogP contribution in [0.25, 0.3) is 0 Å². The lowest BCUT2D eigenvalue weighted by molar-refractivity contribution is 0.886. The van der Waals surface area contributed by atoms with Crippen molar-refractivity contribution in [2.75, 3.05) is 5.75 Å². The van der Waals surface area contributed by atoms with Crippen LogP contribution in [-0.2, 0) is 12.8 Å². The molecule has 0 saturated carbocycles. The minimum atomic E-state index is 0.540. The smallest absolute Gasteiger partial charge is 0.0669 e. The minimum Gasteiger partial charge on any atom is -0.198 e. The molecule has 0 amide bonds. The van der Waals surface area contributed by atoms with E-state index < -0.39 is 0 Å². The lowest BCUT2D eigenvalue weighted by atomic mass is 10.0. The van der Waals surface area contributed by atoms with Gasteiger partial charge < -0.3 is 0 Å². The molecular weight excluding hydrogens is 178 g/mol. The molecule has 0 radical (unpaired) electrons. The van der Waals surface area contributed by atoms with Gasteiger partial charge in [0.15, 0.2) is 0 Å². The van der Waals surface area contributed by atoms with Crippen LogP contribution in [0.1, 0.15) is 17.5 Å². The molecule has 0 saturated heterocycles. The van der Waals surface area contributed by atoms with E-state index in [1.807, 2.05) is 11.8 Å². The molecule has 66 valence electrons. The van der Waals surface area contributed by atoms with Crippen LogP contribution in [0.3, 0.4) is 0 Å². The Morgan fingerprint density at radius 1 is 1.46 bits per heavy atom. The first-order valence-electron chi connectivity index (χ1n) is 4.52. The van der Waals surface area contributed by atoms with Gasteiger partial charge in [-0.05, 0) is 35.8 Å². The Bertz CT molecular complexity index is 352. The van der Waals surface area contributed by atoms with E-state index in [0.29, 0.717) is 6.42 Å². The molecule has 0 fully saturated rings. The zero-order valence-electron chi connectivity index (χ0n) is 7.42. The van der Waals surface area contributed by atoms with E-state index >= 15 is 0 Å². The number of hydrogen-bond acceptors (Lipinski definition) is 2. The quantitative estimate of drug-likeness (QED) is 0.678. The van der Waals surface area contributed by atoms with Crippen LogP contribution in [0.15, 0.2) is 23.1 Å². The maximum atomic E-state index is 8.57. The first-order valence-corrected chi connectivity index (χ1v) is 5.50. The summed E-state index contributed by atoms with van der Waals surface area (Å²) in [5, 5.41) is 8.57. The normalized spacial score (nSPS) is 14.7. The average Bonchev–Trinajstić information content (AvgIpc) is 2.18. The number of rotatable bonds is 1. The second-order valence-electron chi connectivity index (χ2n) is 3.23. The van der Waals surface area contributed by atoms with Gasteiger partial charge in [0.2, 0.25) is 0 Å². The second kappa shape index (κ2) is 3.85. The summed E-state index contributed by atoms with van der Waals surface area (Å²) in [7, 11) is 0. The predicted molar refractivity (Wildman–Crippen MR) is 54.8 cm³/mol. The third-order valence-electron chi connectivity index (χ3n) is 2.26. The van der Waals surface area contributed by atoms with Crippen LogP contribution in [0.2, 0.25) is 0 Å². The van der Waals surface area contributed by atoms with Crippen molar-refractivity contribution < 1.29 is 0 Å². The number of benzene rings is 1. The molecule has 1 heterocycles. The Hall–Kier alpha value is -0.940. The van der Waals surface area contributed by atoms with Crippen molar-refractivity contribution in [3.8, 4) is 6.07 Å². The van der Waals surface area contributed by atoms with Crippen LogP contribution >= 0.6 is 11.8 Å². The highest BCUT2D eigenvalue weighted by Crippen LogP contribution is 2.30. The molecule has 1 nitrogen and oxygen atoms in total. The number of nitrogens with zero attached hydrogens (tertiary/aromatic N) is 1. The summed E-state index contributed by atoms with van der Waals surface area (Å²) in [5.74, 6) is 1.24. The van der Waals surface area contributed by atoms with E-state index in [9.17, 15) is 0 Å². The molecule has 2 heteroatoms. The highest BCUT2D eigenvalue weighted by atomic mass is 32.2. The van der Waals surface area contributed by atoms with Crippen LogP contribution in [-0.4, -0.2) is 5.75 Å². The fourth-order valence-electron chi connectivity index (χ4n) is 1.61. The van der Waals surface area contributed by atoms with E-state index in [1.165, 1.54) is 29.1 Å². The third-order valence-corrected chi connectivity index (χ3v) is 3.46. The molecule has 0 N–H and O–H groups in total. The topological polar surface area (TPSA) is 23.8 Å². The van der Waals surface area contributed by atoms with Crippen molar-refractivity contribution in [3.05, 3.63) is 29.3 Å². The van der Waals surface area contributed by atoms with Gasteiger partial charge in [0.1, 0.15) is 0 Å². The molecule has 13 heavy (non-hydrogen) atoms. The molecule has 0 spiro atoms. The van der Waals surface area contributed by atoms with Gasteiger partial charge in [0.25, 0.3) is 0 Å². The predicted octanol–water partition coefficient (Wildman–Crippen LogP) is 2.79. The van der Waals surface area contributed by atoms with Crippen molar-refractivity contribution in [3.63, 3.8) is 0 Å². The van der Waals surface area contributed by atoms with Gasteiger partial charge in [-0.3, -0.25) is 0 Å². The van der Waals surface area contributed by atoms with Gasteiger partial charge >= 0.3 is 0 Å². The summed E-state index contributed by atoms with van der Waals surface area (Å²) in [6.07, 6.45) is 2.99. The molecule has 0 aliphatic carbocycles. The van der Waals surface area contributed by atoms with E-state index in [0.717, 1.165) is 5.56 Å². The van der Waals surface area contributed by atoms with Gasteiger partial charge in [-0.2, -0.15) is 5.26 Å². The van der Waals surface area contributed by atoms with Crippen molar-refractivity contribution in [2.24, 2.45) is 0 Å². The summed E-state index contributed by atoms with van der Waals surface area (Å²) in [6, 6.07) is 8.60. The van der Waals surface area contributed by atoms with Gasteiger partial charge in [-0.25, -0.2) is 0 Å². The molecule has 2 rings (SSSR count). The number of nitriles is 1. The summed E-state index contributed by atoms with van der Waals surface area (Å²) in [4.78, 5) is 1.41.